The van der Waals surface area contributed by atoms with Crippen molar-refractivity contribution in [1.82, 2.24) is 4.31 Å². The Kier molecular flexibility index (Phi) is 6.05. The Morgan fingerprint density at radius 3 is 2.60 bits per heavy atom. The van der Waals surface area contributed by atoms with Crippen LogP contribution in [-0.2, 0) is 24.4 Å². The SMILES string of the molecule is O=C(Nc1ccc(Cl)c(S(=O)(=O)N2CCOCC2)c1)C1CC(c2ccccc2)=NO1. The lowest BCUT2D eigenvalue weighted by Crippen LogP contribution is -2.40. The third kappa shape index (κ3) is 4.34. The molecule has 1 saturated heterocycles. The molecule has 1 amide bonds. The zero-order valence-electron chi connectivity index (χ0n) is 16.0. The number of carbonyl (C=O) groups excluding carboxylic acids is 1. The number of oxime groups is 1. The van der Waals surface area contributed by atoms with Gasteiger partial charge in [-0.1, -0.05) is 47.1 Å². The van der Waals surface area contributed by atoms with E-state index in [2.05, 4.69) is 10.5 Å². The van der Waals surface area contributed by atoms with E-state index in [1.807, 2.05) is 30.3 Å². The summed E-state index contributed by atoms with van der Waals surface area (Å²) in [4.78, 5) is 17.8. The van der Waals surface area contributed by atoms with Crippen LogP contribution in [0.2, 0.25) is 5.02 Å². The van der Waals surface area contributed by atoms with Crippen LogP contribution < -0.4 is 5.32 Å². The summed E-state index contributed by atoms with van der Waals surface area (Å²) in [6, 6.07) is 13.8. The molecule has 2 aromatic carbocycles. The number of sulfonamides is 1. The molecule has 10 heteroatoms. The van der Waals surface area contributed by atoms with E-state index in [0.717, 1.165) is 5.56 Å². The van der Waals surface area contributed by atoms with Gasteiger partial charge < -0.3 is 14.9 Å². The quantitative estimate of drug-likeness (QED) is 0.756. The third-order valence-electron chi connectivity index (χ3n) is 4.85. The molecule has 0 bridgehead atoms. The molecule has 1 N–H and O–H groups in total. The van der Waals surface area contributed by atoms with Crippen LogP contribution in [0.1, 0.15) is 12.0 Å². The van der Waals surface area contributed by atoms with Crippen molar-refractivity contribution in [3.63, 3.8) is 0 Å². The third-order valence-corrected chi connectivity index (χ3v) is 7.24. The number of hydrogen-bond acceptors (Lipinski definition) is 6. The van der Waals surface area contributed by atoms with Crippen LogP contribution in [-0.4, -0.2) is 56.7 Å². The minimum atomic E-state index is -3.80. The van der Waals surface area contributed by atoms with E-state index in [0.29, 0.717) is 31.0 Å². The number of rotatable bonds is 5. The van der Waals surface area contributed by atoms with Gasteiger partial charge in [-0.2, -0.15) is 4.31 Å². The average Bonchev–Trinajstić information content (AvgIpc) is 3.27. The predicted octanol–water partition coefficient (Wildman–Crippen LogP) is 2.49. The highest BCUT2D eigenvalue weighted by Crippen LogP contribution is 2.29. The topological polar surface area (TPSA) is 97.3 Å². The van der Waals surface area contributed by atoms with Gasteiger partial charge in [-0.25, -0.2) is 8.42 Å². The van der Waals surface area contributed by atoms with Crippen LogP contribution in [0.15, 0.2) is 58.6 Å². The van der Waals surface area contributed by atoms with Crippen LogP contribution in [0, 0.1) is 0 Å². The molecule has 158 valence electrons. The minimum Gasteiger partial charge on any atom is -0.382 e. The van der Waals surface area contributed by atoms with Crippen LogP contribution in [0.5, 0.6) is 0 Å². The van der Waals surface area contributed by atoms with Crippen LogP contribution in [0.25, 0.3) is 0 Å². The van der Waals surface area contributed by atoms with E-state index in [1.54, 1.807) is 6.07 Å². The number of carbonyl (C=O) groups is 1. The average molecular weight is 450 g/mol. The fraction of sp³-hybridized carbons (Fsp3) is 0.300. The van der Waals surface area contributed by atoms with Crippen LogP contribution in [0.3, 0.4) is 0 Å². The normalized spacial score (nSPS) is 19.8. The van der Waals surface area contributed by atoms with Gasteiger partial charge in [0.25, 0.3) is 5.91 Å². The Labute approximate surface area is 179 Å². The highest BCUT2D eigenvalue weighted by atomic mass is 35.5. The Morgan fingerprint density at radius 1 is 1.13 bits per heavy atom. The maximum Gasteiger partial charge on any atom is 0.268 e. The van der Waals surface area contributed by atoms with Crippen molar-refractivity contribution in [2.45, 2.75) is 17.4 Å². The first kappa shape index (κ1) is 20.8. The summed E-state index contributed by atoms with van der Waals surface area (Å²) in [5, 5.41) is 6.79. The standard InChI is InChI=1S/C20H20ClN3O5S/c21-16-7-6-15(12-19(16)30(26,27)24-8-10-28-11-9-24)22-20(25)18-13-17(23-29-18)14-4-2-1-3-5-14/h1-7,12,18H,8-11,13H2,(H,22,25). The molecule has 1 fully saturated rings. The number of nitrogens with zero attached hydrogens (tertiary/aromatic N) is 2. The fourth-order valence-electron chi connectivity index (χ4n) is 3.25. The summed E-state index contributed by atoms with van der Waals surface area (Å²) in [6.45, 7) is 1.17. The molecular weight excluding hydrogens is 430 g/mol. The largest absolute Gasteiger partial charge is 0.382 e. The summed E-state index contributed by atoms with van der Waals surface area (Å²) in [5.41, 5.74) is 1.88. The van der Waals surface area contributed by atoms with Crippen molar-refractivity contribution in [2.24, 2.45) is 5.16 Å². The Morgan fingerprint density at radius 2 is 1.87 bits per heavy atom. The Hall–Kier alpha value is -2.46. The molecule has 2 aliphatic rings. The van der Waals surface area contributed by atoms with Crippen molar-refractivity contribution in [1.29, 1.82) is 0 Å². The second kappa shape index (κ2) is 8.73. The van der Waals surface area contributed by atoms with Gasteiger partial charge in [0.05, 0.1) is 23.9 Å². The van der Waals surface area contributed by atoms with Crippen molar-refractivity contribution >= 4 is 38.9 Å². The molecular formula is C20H20ClN3O5S. The Bertz CT molecular complexity index is 1070. The maximum absolute atomic E-state index is 12.9. The van der Waals surface area contributed by atoms with E-state index < -0.39 is 22.0 Å². The molecule has 0 aromatic heterocycles. The number of amides is 1. The zero-order chi connectivity index (χ0) is 21.1. The molecule has 1 atom stereocenters. The second-order valence-electron chi connectivity index (χ2n) is 6.85. The molecule has 0 spiro atoms. The van der Waals surface area contributed by atoms with Crippen LogP contribution in [0.4, 0.5) is 5.69 Å². The minimum absolute atomic E-state index is 0.0579. The number of morpholine rings is 1. The summed E-state index contributed by atoms with van der Waals surface area (Å²) in [7, 11) is -3.80. The van der Waals surface area contributed by atoms with E-state index >= 15 is 0 Å². The predicted molar refractivity (Wildman–Crippen MR) is 112 cm³/mol. The summed E-state index contributed by atoms with van der Waals surface area (Å²) in [6.07, 6.45) is -0.474. The molecule has 2 aromatic rings. The summed E-state index contributed by atoms with van der Waals surface area (Å²) < 4.78 is 32.4. The highest BCUT2D eigenvalue weighted by molar-refractivity contribution is 7.89. The number of anilines is 1. The van der Waals surface area contributed by atoms with Crippen LogP contribution >= 0.6 is 11.6 Å². The first-order valence-electron chi connectivity index (χ1n) is 9.41. The molecule has 30 heavy (non-hydrogen) atoms. The van der Waals surface area contributed by atoms with Crippen molar-refractivity contribution in [2.75, 3.05) is 31.6 Å². The molecule has 8 nitrogen and oxygen atoms in total. The van der Waals surface area contributed by atoms with Gasteiger partial charge >= 0.3 is 0 Å². The number of hydrogen-bond donors (Lipinski definition) is 1. The van der Waals surface area contributed by atoms with E-state index in [9.17, 15) is 13.2 Å². The number of benzene rings is 2. The van der Waals surface area contributed by atoms with Gasteiger partial charge in [0.15, 0.2) is 0 Å². The number of nitrogens with one attached hydrogen (secondary N) is 1. The van der Waals surface area contributed by atoms with Gasteiger partial charge in [0, 0.05) is 25.2 Å². The highest BCUT2D eigenvalue weighted by Gasteiger charge is 2.31. The second-order valence-corrected chi connectivity index (χ2v) is 9.17. The molecule has 2 aliphatic heterocycles. The van der Waals surface area contributed by atoms with Crippen molar-refractivity contribution in [3.05, 3.63) is 59.1 Å². The Balaban J connectivity index is 1.47. The smallest absolute Gasteiger partial charge is 0.268 e. The van der Waals surface area contributed by atoms with Crippen molar-refractivity contribution in [3.8, 4) is 0 Å². The van der Waals surface area contributed by atoms with E-state index in [4.69, 9.17) is 21.2 Å². The first-order chi connectivity index (χ1) is 14.4. The van der Waals surface area contributed by atoms with Gasteiger partial charge in [-0.3, -0.25) is 4.79 Å². The molecule has 4 rings (SSSR count). The van der Waals surface area contributed by atoms with Gasteiger partial charge in [-0.15, -0.1) is 0 Å². The van der Waals surface area contributed by atoms with E-state index in [1.165, 1.54) is 16.4 Å². The molecule has 0 radical (unpaired) electrons. The van der Waals surface area contributed by atoms with Gasteiger partial charge in [-0.05, 0) is 23.8 Å². The summed E-state index contributed by atoms with van der Waals surface area (Å²) >= 11 is 6.16. The maximum atomic E-state index is 12.9. The molecule has 2 heterocycles. The molecule has 0 saturated carbocycles. The number of ether oxygens (including phenoxy) is 1. The lowest BCUT2D eigenvalue weighted by Gasteiger charge is -2.26. The first-order valence-corrected chi connectivity index (χ1v) is 11.2. The number of halogens is 1. The fourth-order valence-corrected chi connectivity index (χ4v) is 5.16. The lowest BCUT2D eigenvalue weighted by molar-refractivity contribution is -0.125. The van der Waals surface area contributed by atoms with Gasteiger partial charge in [0.2, 0.25) is 16.1 Å². The molecule has 1 unspecified atom stereocenters. The van der Waals surface area contributed by atoms with E-state index in [-0.39, 0.29) is 23.0 Å². The zero-order valence-corrected chi connectivity index (χ0v) is 17.5. The molecule has 0 aliphatic carbocycles. The van der Waals surface area contributed by atoms with Crippen molar-refractivity contribution < 1.29 is 22.8 Å². The summed E-state index contributed by atoms with van der Waals surface area (Å²) in [5.74, 6) is -0.415. The van der Waals surface area contributed by atoms with Gasteiger partial charge in [0.1, 0.15) is 4.90 Å². The monoisotopic (exact) mass is 449 g/mol. The lowest BCUT2D eigenvalue weighted by atomic mass is 10.0.